The summed E-state index contributed by atoms with van der Waals surface area (Å²) in [5.74, 6) is 0. The van der Waals surface area contributed by atoms with E-state index in [2.05, 4.69) is 34.9 Å². The van der Waals surface area contributed by atoms with Crippen LogP contribution in [0.15, 0.2) is 42.5 Å². The summed E-state index contributed by atoms with van der Waals surface area (Å²) in [7, 11) is 0. The molecule has 3 heteroatoms. The SMILES string of the molecule is Cc1ccc(NC(=O)NC2CCc3ccccc32)c(C)c1. The Bertz CT molecular complexity index is 679. The Labute approximate surface area is 125 Å². The lowest BCUT2D eigenvalue weighted by Crippen LogP contribution is -2.31. The Balaban J connectivity index is 1.68. The second-order valence-electron chi connectivity index (χ2n) is 5.71. The molecule has 0 heterocycles. The van der Waals surface area contributed by atoms with Gasteiger partial charge in [-0.3, -0.25) is 0 Å². The standard InChI is InChI=1S/C18H20N2O/c1-12-7-9-16(13(2)11-12)19-18(21)20-17-10-8-14-5-3-4-6-15(14)17/h3-7,9,11,17H,8,10H2,1-2H3,(H2,19,20,21). The Morgan fingerprint density at radius 3 is 2.76 bits per heavy atom. The second kappa shape index (κ2) is 5.60. The fourth-order valence-corrected chi connectivity index (χ4v) is 2.98. The largest absolute Gasteiger partial charge is 0.331 e. The van der Waals surface area contributed by atoms with Crippen molar-refractivity contribution in [2.45, 2.75) is 32.7 Å². The van der Waals surface area contributed by atoms with Crippen LogP contribution in [0.3, 0.4) is 0 Å². The van der Waals surface area contributed by atoms with Gasteiger partial charge < -0.3 is 10.6 Å². The van der Waals surface area contributed by atoms with Gasteiger partial charge in [-0.25, -0.2) is 4.79 Å². The Kier molecular flexibility index (Phi) is 3.65. The molecule has 1 aliphatic rings. The Hall–Kier alpha value is -2.29. The third kappa shape index (κ3) is 2.92. The molecule has 0 bridgehead atoms. The zero-order valence-electron chi connectivity index (χ0n) is 12.4. The first-order valence-electron chi connectivity index (χ1n) is 7.36. The van der Waals surface area contributed by atoms with Crippen LogP contribution in [0.5, 0.6) is 0 Å². The molecule has 0 saturated carbocycles. The lowest BCUT2D eigenvalue weighted by atomic mass is 10.1. The minimum atomic E-state index is -0.136. The molecule has 3 rings (SSSR count). The fraction of sp³-hybridized carbons (Fsp3) is 0.278. The van der Waals surface area contributed by atoms with Crippen molar-refractivity contribution in [3.8, 4) is 0 Å². The quantitative estimate of drug-likeness (QED) is 0.854. The first-order valence-corrected chi connectivity index (χ1v) is 7.36. The lowest BCUT2D eigenvalue weighted by molar-refractivity contribution is 0.248. The van der Waals surface area contributed by atoms with Gasteiger partial charge in [0.2, 0.25) is 0 Å². The van der Waals surface area contributed by atoms with E-state index in [1.54, 1.807) is 0 Å². The molecule has 1 atom stereocenters. The molecule has 0 radical (unpaired) electrons. The number of hydrogen-bond acceptors (Lipinski definition) is 1. The topological polar surface area (TPSA) is 41.1 Å². The van der Waals surface area contributed by atoms with Gasteiger partial charge in [-0.2, -0.15) is 0 Å². The van der Waals surface area contributed by atoms with Crippen LogP contribution in [-0.2, 0) is 6.42 Å². The molecule has 0 aromatic heterocycles. The minimum absolute atomic E-state index is 0.118. The number of amides is 2. The number of carbonyl (C=O) groups excluding carboxylic acids is 1. The molecule has 0 saturated heterocycles. The number of fused-ring (bicyclic) bond motifs is 1. The van der Waals surface area contributed by atoms with Crippen LogP contribution in [0.1, 0.15) is 34.7 Å². The number of carbonyl (C=O) groups is 1. The van der Waals surface area contributed by atoms with Crippen LogP contribution < -0.4 is 10.6 Å². The lowest BCUT2D eigenvalue weighted by Gasteiger charge is -2.16. The molecule has 1 aliphatic carbocycles. The molecule has 1 unspecified atom stereocenters. The monoisotopic (exact) mass is 280 g/mol. The highest BCUT2D eigenvalue weighted by molar-refractivity contribution is 5.90. The summed E-state index contributed by atoms with van der Waals surface area (Å²) in [6.45, 7) is 4.06. The number of urea groups is 1. The number of anilines is 1. The van der Waals surface area contributed by atoms with Crippen LogP contribution in [0.2, 0.25) is 0 Å². The number of nitrogens with one attached hydrogen (secondary N) is 2. The van der Waals surface area contributed by atoms with Gasteiger partial charge in [0.15, 0.2) is 0 Å². The average molecular weight is 280 g/mol. The highest BCUT2D eigenvalue weighted by atomic mass is 16.2. The van der Waals surface area contributed by atoms with Crippen LogP contribution in [0.25, 0.3) is 0 Å². The minimum Gasteiger partial charge on any atom is -0.331 e. The average Bonchev–Trinajstić information content (AvgIpc) is 2.85. The number of hydrogen-bond donors (Lipinski definition) is 2. The highest BCUT2D eigenvalue weighted by Crippen LogP contribution is 2.30. The van der Waals surface area contributed by atoms with Gasteiger partial charge in [-0.1, -0.05) is 42.0 Å². The maximum atomic E-state index is 12.2. The summed E-state index contributed by atoms with van der Waals surface area (Å²) in [6.07, 6.45) is 2.00. The van der Waals surface area contributed by atoms with E-state index >= 15 is 0 Å². The molecule has 21 heavy (non-hydrogen) atoms. The molecule has 2 aromatic rings. The van der Waals surface area contributed by atoms with Crippen molar-refractivity contribution < 1.29 is 4.79 Å². The van der Waals surface area contributed by atoms with E-state index in [4.69, 9.17) is 0 Å². The zero-order valence-corrected chi connectivity index (χ0v) is 12.4. The predicted molar refractivity (Wildman–Crippen MR) is 85.6 cm³/mol. The van der Waals surface area contributed by atoms with Crippen LogP contribution in [-0.4, -0.2) is 6.03 Å². The first kappa shape index (κ1) is 13.7. The smallest absolute Gasteiger partial charge is 0.319 e. The number of benzene rings is 2. The number of rotatable bonds is 2. The molecular weight excluding hydrogens is 260 g/mol. The summed E-state index contributed by atoms with van der Waals surface area (Å²) in [5, 5.41) is 6.02. The van der Waals surface area contributed by atoms with E-state index in [1.807, 2.05) is 32.0 Å². The van der Waals surface area contributed by atoms with E-state index in [0.29, 0.717) is 0 Å². The van der Waals surface area contributed by atoms with Crippen molar-refractivity contribution >= 4 is 11.7 Å². The van der Waals surface area contributed by atoms with Crippen LogP contribution in [0, 0.1) is 13.8 Å². The van der Waals surface area contributed by atoms with Gasteiger partial charge in [0, 0.05) is 5.69 Å². The van der Waals surface area contributed by atoms with Crippen LogP contribution in [0.4, 0.5) is 10.5 Å². The van der Waals surface area contributed by atoms with Gasteiger partial charge in [0.25, 0.3) is 0 Å². The van der Waals surface area contributed by atoms with E-state index in [-0.39, 0.29) is 12.1 Å². The van der Waals surface area contributed by atoms with Crippen molar-refractivity contribution in [1.82, 2.24) is 5.32 Å². The van der Waals surface area contributed by atoms with Crippen molar-refractivity contribution in [3.63, 3.8) is 0 Å². The molecule has 2 aromatic carbocycles. The van der Waals surface area contributed by atoms with E-state index in [9.17, 15) is 4.79 Å². The molecule has 3 nitrogen and oxygen atoms in total. The predicted octanol–water partition coefficient (Wildman–Crippen LogP) is 4.11. The van der Waals surface area contributed by atoms with E-state index < -0.39 is 0 Å². The number of aryl methyl sites for hydroxylation is 3. The summed E-state index contributed by atoms with van der Waals surface area (Å²) in [6, 6.07) is 14.3. The fourth-order valence-electron chi connectivity index (χ4n) is 2.98. The Morgan fingerprint density at radius 2 is 1.95 bits per heavy atom. The molecular formula is C18H20N2O. The molecule has 0 spiro atoms. The van der Waals surface area contributed by atoms with Gasteiger partial charge >= 0.3 is 6.03 Å². The highest BCUT2D eigenvalue weighted by Gasteiger charge is 2.23. The third-order valence-electron chi connectivity index (χ3n) is 4.07. The molecule has 0 fully saturated rings. The van der Waals surface area contributed by atoms with Crippen molar-refractivity contribution in [3.05, 3.63) is 64.7 Å². The molecule has 108 valence electrons. The summed E-state index contributed by atoms with van der Waals surface area (Å²) in [4.78, 5) is 12.2. The van der Waals surface area contributed by atoms with E-state index in [0.717, 1.165) is 24.1 Å². The normalized spacial score (nSPS) is 16.4. The maximum Gasteiger partial charge on any atom is 0.319 e. The van der Waals surface area contributed by atoms with Crippen molar-refractivity contribution in [2.24, 2.45) is 0 Å². The van der Waals surface area contributed by atoms with Crippen molar-refractivity contribution in [2.75, 3.05) is 5.32 Å². The zero-order chi connectivity index (χ0) is 14.8. The summed E-state index contributed by atoms with van der Waals surface area (Å²) >= 11 is 0. The van der Waals surface area contributed by atoms with Gasteiger partial charge in [0.05, 0.1) is 6.04 Å². The Morgan fingerprint density at radius 1 is 1.14 bits per heavy atom. The van der Waals surface area contributed by atoms with Gasteiger partial charge in [-0.05, 0) is 49.4 Å². The van der Waals surface area contributed by atoms with E-state index in [1.165, 1.54) is 16.7 Å². The first-order chi connectivity index (χ1) is 10.1. The summed E-state index contributed by atoms with van der Waals surface area (Å²) in [5.41, 5.74) is 5.73. The van der Waals surface area contributed by atoms with Crippen molar-refractivity contribution in [1.29, 1.82) is 0 Å². The molecule has 2 amide bonds. The maximum absolute atomic E-state index is 12.2. The van der Waals surface area contributed by atoms with Gasteiger partial charge in [-0.15, -0.1) is 0 Å². The molecule has 2 N–H and O–H groups in total. The van der Waals surface area contributed by atoms with Gasteiger partial charge in [0.1, 0.15) is 0 Å². The van der Waals surface area contributed by atoms with Crippen LogP contribution >= 0.6 is 0 Å². The molecule has 0 aliphatic heterocycles. The third-order valence-corrected chi connectivity index (χ3v) is 4.07. The second-order valence-corrected chi connectivity index (χ2v) is 5.71. The summed E-state index contributed by atoms with van der Waals surface area (Å²) < 4.78 is 0.